The van der Waals surface area contributed by atoms with E-state index in [1.165, 1.54) is 44.9 Å². The molecule has 174 valence electrons. The van der Waals surface area contributed by atoms with E-state index >= 15 is 0 Å². The lowest BCUT2D eigenvalue weighted by Crippen LogP contribution is -2.64. The molecule has 0 bridgehead atoms. The molecule has 0 aromatic heterocycles. The fourth-order valence-corrected chi connectivity index (χ4v) is 9.26. The topological polar surface area (TPSA) is 60.7 Å². The summed E-state index contributed by atoms with van der Waals surface area (Å²) < 4.78 is 0. The summed E-state index contributed by atoms with van der Waals surface area (Å²) in [5, 5.41) is 32.8. The lowest BCUT2D eigenvalue weighted by atomic mass is 9.43. The third-order valence-electron chi connectivity index (χ3n) is 10.9. The zero-order chi connectivity index (χ0) is 21.8. The van der Waals surface area contributed by atoms with Gasteiger partial charge in [-0.2, -0.15) is 0 Å². The second-order valence-electron chi connectivity index (χ2n) is 12.8. The zero-order valence-electron chi connectivity index (χ0n) is 20.2. The van der Waals surface area contributed by atoms with Gasteiger partial charge < -0.3 is 15.3 Å². The molecule has 3 nitrogen and oxygen atoms in total. The van der Waals surface area contributed by atoms with Crippen LogP contribution in [-0.4, -0.2) is 33.6 Å². The fourth-order valence-electron chi connectivity index (χ4n) is 9.26. The minimum Gasteiger partial charge on any atom is -0.393 e. The second-order valence-corrected chi connectivity index (χ2v) is 12.8. The summed E-state index contributed by atoms with van der Waals surface area (Å²) in [5.41, 5.74) is 0.390. The van der Waals surface area contributed by atoms with Crippen LogP contribution < -0.4 is 0 Å². The van der Waals surface area contributed by atoms with Crippen molar-refractivity contribution < 1.29 is 15.3 Å². The van der Waals surface area contributed by atoms with E-state index in [9.17, 15) is 15.3 Å². The number of hydrogen-bond donors (Lipinski definition) is 3. The van der Waals surface area contributed by atoms with Gasteiger partial charge in [-0.15, -0.1) is 0 Å². The number of hydrogen-bond acceptors (Lipinski definition) is 3. The summed E-state index contributed by atoms with van der Waals surface area (Å²) in [6.45, 7) is 12.0. The van der Waals surface area contributed by atoms with Crippen molar-refractivity contribution in [2.45, 2.75) is 117 Å². The molecule has 3 heteroatoms. The van der Waals surface area contributed by atoms with Crippen molar-refractivity contribution in [1.82, 2.24) is 0 Å². The molecule has 4 aliphatic rings. The number of rotatable bonds is 5. The monoisotopic (exact) mass is 420 g/mol. The predicted molar refractivity (Wildman–Crippen MR) is 122 cm³/mol. The first kappa shape index (κ1) is 23.1. The Morgan fingerprint density at radius 3 is 2.13 bits per heavy atom. The average molecular weight is 421 g/mol. The fraction of sp³-hybridized carbons (Fsp3) is 1.00. The Morgan fingerprint density at radius 1 is 0.767 bits per heavy atom. The van der Waals surface area contributed by atoms with Crippen molar-refractivity contribution in [3.05, 3.63) is 0 Å². The first-order chi connectivity index (χ1) is 14.1. The van der Waals surface area contributed by atoms with Crippen LogP contribution >= 0.6 is 0 Å². The van der Waals surface area contributed by atoms with Crippen LogP contribution in [0, 0.1) is 52.3 Å². The average Bonchev–Trinajstić information content (AvgIpc) is 3.04. The van der Waals surface area contributed by atoms with E-state index in [0.717, 1.165) is 30.6 Å². The summed E-state index contributed by atoms with van der Waals surface area (Å²) in [5.74, 6) is 3.65. The summed E-state index contributed by atoms with van der Waals surface area (Å²) in [7, 11) is 0. The highest BCUT2D eigenvalue weighted by atomic mass is 16.3. The molecule has 0 aromatic rings. The molecule has 11 atom stereocenters. The van der Waals surface area contributed by atoms with Crippen molar-refractivity contribution in [3.63, 3.8) is 0 Å². The Bertz CT molecular complexity index is 605. The van der Waals surface area contributed by atoms with E-state index in [1.807, 2.05) is 0 Å². The lowest BCUT2D eigenvalue weighted by Gasteiger charge is -2.63. The maximum Gasteiger partial charge on any atom is 0.0836 e. The molecule has 4 aliphatic carbocycles. The Kier molecular flexibility index (Phi) is 6.41. The number of aliphatic hydroxyl groups excluding tert-OH is 3. The molecular formula is C27H48O3. The molecule has 0 radical (unpaired) electrons. The van der Waals surface area contributed by atoms with Crippen LogP contribution in [0.2, 0.25) is 0 Å². The summed E-state index contributed by atoms with van der Waals surface area (Å²) in [6, 6.07) is 0. The molecule has 3 N–H and O–H groups in total. The normalized spacial score (nSPS) is 51.9. The van der Waals surface area contributed by atoms with Crippen LogP contribution in [0.25, 0.3) is 0 Å². The summed E-state index contributed by atoms with van der Waals surface area (Å²) >= 11 is 0. The molecule has 4 rings (SSSR count). The highest BCUT2D eigenvalue weighted by Crippen LogP contribution is 2.68. The van der Waals surface area contributed by atoms with E-state index in [2.05, 4.69) is 34.6 Å². The smallest absolute Gasteiger partial charge is 0.0836 e. The summed E-state index contributed by atoms with van der Waals surface area (Å²) in [6.07, 6.45) is 9.94. The molecular weight excluding hydrogens is 372 g/mol. The standard InChI is InChI=1S/C27H48O3/c1-16(2)7-6-8-17(3)19-9-10-20-23-21(12-14-26(19,20)4)27(5)13-11-18(28)15-22(27)24(29)25(23)30/h16-25,28-30H,6-15H2,1-5H3/t17-,18+,19-,20+,21+,22-,23+,24+,25-,26-,27-/m1/s1. The molecule has 0 spiro atoms. The van der Waals surface area contributed by atoms with Gasteiger partial charge in [-0.05, 0) is 97.2 Å². The van der Waals surface area contributed by atoms with Gasteiger partial charge in [0.2, 0.25) is 0 Å². The van der Waals surface area contributed by atoms with Crippen molar-refractivity contribution >= 4 is 0 Å². The first-order valence-corrected chi connectivity index (χ1v) is 13.1. The van der Waals surface area contributed by atoms with Crippen LogP contribution in [0.4, 0.5) is 0 Å². The SMILES string of the molecule is CC(C)CCC[C@@H](C)[C@H]1CC[C@H]2[C@@H]3[C@@H](O)[C@@H](O)[C@H]4C[C@@H](O)CC[C@]4(C)[C@H]3CC[C@]12C. The van der Waals surface area contributed by atoms with E-state index in [0.29, 0.717) is 23.7 Å². The Balaban J connectivity index is 1.54. The minimum atomic E-state index is -0.670. The number of fused-ring (bicyclic) bond motifs is 5. The van der Waals surface area contributed by atoms with Gasteiger partial charge in [0.05, 0.1) is 18.3 Å². The molecule has 4 saturated carbocycles. The van der Waals surface area contributed by atoms with Gasteiger partial charge in [-0.3, -0.25) is 0 Å². The Morgan fingerprint density at radius 2 is 1.43 bits per heavy atom. The maximum absolute atomic E-state index is 11.4. The minimum absolute atomic E-state index is 0.0500. The van der Waals surface area contributed by atoms with Crippen LogP contribution in [0.1, 0.15) is 98.8 Å². The van der Waals surface area contributed by atoms with Gasteiger partial charge in [0.1, 0.15) is 0 Å². The predicted octanol–water partition coefficient (Wildman–Crippen LogP) is 5.41. The van der Waals surface area contributed by atoms with Crippen LogP contribution in [-0.2, 0) is 0 Å². The highest BCUT2D eigenvalue weighted by molar-refractivity contribution is 5.14. The van der Waals surface area contributed by atoms with Crippen LogP contribution in [0.5, 0.6) is 0 Å². The Hall–Kier alpha value is -0.120. The largest absolute Gasteiger partial charge is 0.393 e. The van der Waals surface area contributed by atoms with E-state index in [1.54, 1.807) is 0 Å². The lowest BCUT2D eigenvalue weighted by molar-refractivity contribution is -0.223. The first-order valence-electron chi connectivity index (χ1n) is 13.1. The second kappa shape index (κ2) is 8.34. The molecule has 30 heavy (non-hydrogen) atoms. The third-order valence-corrected chi connectivity index (χ3v) is 10.9. The molecule has 0 heterocycles. The van der Waals surface area contributed by atoms with Gasteiger partial charge in [-0.1, -0.05) is 53.9 Å². The van der Waals surface area contributed by atoms with Crippen LogP contribution in [0.3, 0.4) is 0 Å². The van der Waals surface area contributed by atoms with Gasteiger partial charge in [0, 0.05) is 0 Å². The van der Waals surface area contributed by atoms with Crippen molar-refractivity contribution in [2.24, 2.45) is 52.3 Å². The number of aliphatic hydroxyl groups is 3. The van der Waals surface area contributed by atoms with Crippen LogP contribution in [0.15, 0.2) is 0 Å². The summed E-state index contributed by atoms with van der Waals surface area (Å²) in [4.78, 5) is 0. The van der Waals surface area contributed by atoms with Crippen molar-refractivity contribution in [1.29, 1.82) is 0 Å². The maximum atomic E-state index is 11.4. The quantitative estimate of drug-likeness (QED) is 0.557. The molecule has 0 aromatic carbocycles. The van der Waals surface area contributed by atoms with Gasteiger partial charge in [0.15, 0.2) is 0 Å². The van der Waals surface area contributed by atoms with E-state index in [-0.39, 0.29) is 23.4 Å². The van der Waals surface area contributed by atoms with Crippen molar-refractivity contribution in [2.75, 3.05) is 0 Å². The van der Waals surface area contributed by atoms with Crippen molar-refractivity contribution in [3.8, 4) is 0 Å². The van der Waals surface area contributed by atoms with Gasteiger partial charge in [-0.25, -0.2) is 0 Å². The zero-order valence-corrected chi connectivity index (χ0v) is 20.2. The molecule has 0 amide bonds. The molecule has 0 aliphatic heterocycles. The van der Waals surface area contributed by atoms with E-state index in [4.69, 9.17) is 0 Å². The van der Waals surface area contributed by atoms with Gasteiger partial charge in [0.25, 0.3) is 0 Å². The molecule has 0 unspecified atom stereocenters. The Labute approximate surface area is 185 Å². The third kappa shape index (κ3) is 3.59. The van der Waals surface area contributed by atoms with Gasteiger partial charge >= 0.3 is 0 Å². The highest BCUT2D eigenvalue weighted by Gasteiger charge is 2.65. The molecule has 0 saturated heterocycles. The molecule has 4 fully saturated rings. The van der Waals surface area contributed by atoms with E-state index < -0.39 is 12.2 Å².